The fourth-order valence-corrected chi connectivity index (χ4v) is 2.66. The smallest absolute Gasteiger partial charge is 0.252 e. The molecule has 1 unspecified atom stereocenters. The summed E-state index contributed by atoms with van der Waals surface area (Å²) in [7, 11) is 0. The summed E-state index contributed by atoms with van der Waals surface area (Å²) < 4.78 is 0. The molecule has 2 N–H and O–H groups in total. The molecule has 1 atom stereocenters. The third-order valence-corrected chi connectivity index (χ3v) is 4.20. The second-order valence-corrected chi connectivity index (χ2v) is 5.51. The molecule has 1 aliphatic heterocycles. The molecular weight excluding hydrogens is 288 g/mol. The summed E-state index contributed by atoms with van der Waals surface area (Å²) in [6, 6.07) is 6.47. The maximum atomic E-state index is 12.3. The molecule has 0 aliphatic carbocycles. The van der Waals surface area contributed by atoms with Crippen LogP contribution in [0.2, 0.25) is 0 Å². The van der Waals surface area contributed by atoms with Crippen molar-refractivity contribution in [2.24, 2.45) is 0 Å². The van der Waals surface area contributed by atoms with Gasteiger partial charge in [-0.05, 0) is 38.9 Å². The molecule has 1 amide bonds. The molecule has 2 rings (SSSR count). The van der Waals surface area contributed by atoms with Gasteiger partial charge in [-0.1, -0.05) is 35.4 Å². The average molecular weight is 307 g/mol. The topological polar surface area (TPSA) is 58.2 Å². The predicted molar refractivity (Wildman–Crippen MR) is 83.7 cm³/mol. The number of rotatable bonds is 4. The standard InChI is InChI=1S/C16H19ClN2O2/c1-11(15(17)12-6-8-18-9-7-12)19-16(21)14-5-3-2-4-13(14)10-20/h2-5,10-11,18H,6-9H2,1H3,(H,19,21). The number of amides is 1. The molecule has 1 aliphatic rings. The van der Waals surface area contributed by atoms with Crippen molar-refractivity contribution in [3.8, 4) is 0 Å². The maximum absolute atomic E-state index is 12.3. The van der Waals surface area contributed by atoms with Crippen molar-refractivity contribution in [3.05, 3.63) is 46.0 Å². The van der Waals surface area contributed by atoms with Crippen LogP contribution in [-0.4, -0.2) is 31.3 Å². The normalized spacial score (nSPS) is 16.2. The quantitative estimate of drug-likeness (QED) is 0.840. The highest BCUT2D eigenvalue weighted by Crippen LogP contribution is 2.22. The van der Waals surface area contributed by atoms with E-state index >= 15 is 0 Å². The number of carbonyl (C=O) groups excluding carboxylic acids is 2. The predicted octanol–water partition coefficient (Wildman–Crippen LogP) is 2.49. The monoisotopic (exact) mass is 306 g/mol. The number of piperidine rings is 1. The minimum absolute atomic E-state index is 0.257. The number of benzene rings is 1. The second-order valence-electron chi connectivity index (χ2n) is 5.10. The lowest BCUT2D eigenvalue weighted by atomic mass is 10.0. The van der Waals surface area contributed by atoms with Crippen molar-refractivity contribution in [2.75, 3.05) is 13.1 Å². The van der Waals surface area contributed by atoms with Gasteiger partial charge in [0.05, 0.1) is 6.04 Å². The summed E-state index contributed by atoms with van der Waals surface area (Å²) in [5.74, 6) is -0.280. The molecular formula is C16H19ClN2O2. The van der Waals surface area contributed by atoms with Crippen LogP contribution >= 0.6 is 11.6 Å². The number of hydrogen-bond donors (Lipinski definition) is 2. The first kappa shape index (κ1) is 15.7. The zero-order valence-corrected chi connectivity index (χ0v) is 12.7. The van der Waals surface area contributed by atoms with Crippen LogP contribution in [0, 0.1) is 0 Å². The summed E-state index contributed by atoms with van der Waals surface area (Å²) in [5, 5.41) is 6.83. The molecule has 0 spiro atoms. The van der Waals surface area contributed by atoms with Crippen LogP contribution in [0.3, 0.4) is 0 Å². The van der Waals surface area contributed by atoms with Gasteiger partial charge in [0, 0.05) is 16.2 Å². The third kappa shape index (κ3) is 3.93. The van der Waals surface area contributed by atoms with Crippen LogP contribution in [-0.2, 0) is 0 Å². The molecule has 21 heavy (non-hydrogen) atoms. The minimum Gasteiger partial charge on any atom is -0.345 e. The van der Waals surface area contributed by atoms with Crippen molar-refractivity contribution >= 4 is 23.8 Å². The average Bonchev–Trinajstić information content (AvgIpc) is 2.54. The van der Waals surface area contributed by atoms with E-state index in [1.807, 2.05) is 6.92 Å². The SMILES string of the molecule is CC(NC(=O)c1ccccc1C=O)C(Cl)=C1CCNCC1. The summed E-state index contributed by atoms with van der Waals surface area (Å²) in [5.41, 5.74) is 1.94. The van der Waals surface area contributed by atoms with Gasteiger partial charge < -0.3 is 10.6 Å². The summed E-state index contributed by atoms with van der Waals surface area (Å²) >= 11 is 6.38. The van der Waals surface area contributed by atoms with Crippen LogP contribution < -0.4 is 10.6 Å². The number of halogens is 1. The summed E-state index contributed by atoms with van der Waals surface area (Å²) in [6.07, 6.45) is 2.50. The molecule has 1 fully saturated rings. The van der Waals surface area contributed by atoms with Crippen molar-refractivity contribution in [2.45, 2.75) is 25.8 Å². The first-order chi connectivity index (χ1) is 10.1. The van der Waals surface area contributed by atoms with Gasteiger partial charge >= 0.3 is 0 Å². The van der Waals surface area contributed by atoms with Crippen LogP contribution in [0.1, 0.15) is 40.5 Å². The van der Waals surface area contributed by atoms with E-state index in [-0.39, 0.29) is 11.9 Å². The molecule has 1 saturated heterocycles. The van der Waals surface area contributed by atoms with Gasteiger partial charge in [-0.3, -0.25) is 9.59 Å². The van der Waals surface area contributed by atoms with E-state index in [9.17, 15) is 9.59 Å². The van der Waals surface area contributed by atoms with E-state index in [0.29, 0.717) is 22.4 Å². The Bertz CT molecular complexity index is 561. The Labute approximate surface area is 129 Å². The Kier molecular flexibility index (Phi) is 5.53. The van der Waals surface area contributed by atoms with Gasteiger partial charge in [0.15, 0.2) is 6.29 Å². The number of aldehydes is 1. The van der Waals surface area contributed by atoms with Crippen molar-refractivity contribution in [3.63, 3.8) is 0 Å². The van der Waals surface area contributed by atoms with Gasteiger partial charge in [-0.25, -0.2) is 0 Å². The second kappa shape index (κ2) is 7.38. The van der Waals surface area contributed by atoms with Gasteiger partial charge in [0.25, 0.3) is 5.91 Å². The van der Waals surface area contributed by atoms with Gasteiger partial charge in [-0.2, -0.15) is 0 Å². The lowest BCUT2D eigenvalue weighted by molar-refractivity contribution is 0.0940. The van der Waals surface area contributed by atoms with E-state index in [1.54, 1.807) is 24.3 Å². The molecule has 0 aromatic heterocycles. The number of hydrogen-bond acceptors (Lipinski definition) is 3. The molecule has 0 bridgehead atoms. The Morgan fingerprint density at radius 2 is 2.00 bits per heavy atom. The Balaban J connectivity index is 2.10. The number of nitrogens with one attached hydrogen (secondary N) is 2. The first-order valence-corrected chi connectivity index (χ1v) is 7.44. The van der Waals surface area contributed by atoms with Crippen LogP contribution in [0.15, 0.2) is 34.9 Å². The largest absolute Gasteiger partial charge is 0.345 e. The van der Waals surface area contributed by atoms with E-state index in [4.69, 9.17) is 11.6 Å². The Hall–Kier alpha value is -1.65. The van der Waals surface area contributed by atoms with Gasteiger partial charge in [0.2, 0.25) is 0 Å². The molecule has 1 aromatic rings. The van der Waals surface area contributed by atoms with E-state index in [1.165, 1.54) is 5.57 Å². The third-order valence-electron chi connectivity index (χ3n) is 3.61. The van der Waals surface area contributed by atoms with E-state index < -0.39 is 0 Å². The fraction of sp³-hybridized carbons (Fsp3) is 0.375. The van der Waals surface area contributed by atoms with Gasteiger partial charge in [-0.15, -0.1) is 0 Å². The first-order valence-electron chi connectivity index (χ1n) is 7.06. The highest BCUT2D eigenvalue weighted by atomic mass is 35.5. The zero-order valence-electron chi connectivity index (χ0n) is 12.0. The maximum Gasteiger partial charge on any atom is 0.252 e. The van der Waals surface area contributed by atoms with Crippen molar-refractivity contribution in [1.82, 2.24) is 10.6 Å². The van der Waals surface area contributed by atoms with Crippen LogP contribution in [0.5, 0.6) is 0 Å². The minimum atomic E-state index is -0.280. The van der Waals surface area contributed by atoms with Gasteiger partial charge in [0.1, 0.15) is 0 Å². The van der Waals surface area contributed by atoms with Crippen LogP contribution in [0.25, 0.3) is 0 Å². The lowest BCUT2D eigenvalue weighted by Crippen LogP contribution is -2.35. The molecule has 1 aromatic carbocycles. The van der Waals surface area contributed by atoms with Crippen molar-refractivity contribution < 1.29 is 9.59 Å². The Morgan fingerprint density at radius 3 is 2.67 bits per heavy atom. The Morgan fingerprint density at radius 1 is 1.33 bits per heavy atom. The summed E-state index contributed by atoms with van der Waals surface area (Å²) in [6.45, 7) is 3.69. The summed E-state index contributed by atoms with van der Waals surface area (Å²) in [4.78, 5) is 23.2. The van der Waals surface area contributed by atoms with Crippen molar-refractivity contribution in [1.29, 1.82) is 0 Å². The highest BCUT2D eigenvalue weighted by Gasteiger charge is 2.18. The molecule has 5 heteroatoms. The highest BCUT2D eigenvalue weighted by molar-refractivity contribution is 6.30. The zero-order chi connectivity index (χ0) is 15.2. The number of carbonyl (C=O) groups is 2. The molecule has 1 heterocycles. The molecule has 0 radical (unpaired) electrons. The molecule has 0 saturated carbocycles. The molecule has 4 nitrogen and oxygen atoms in total. The lowest BCUT2D eigenvalue weighted by Gasteiger charge is -2.21. The van der Waals surface area contributed by atoms with E-state index in [2.05, 4.69) is 10.6 Å². The van der Waals surface area contributed by atoms with E-state index in [0.717, 1.165) is 25.9 Å². The van der Waals surface area contributed by atoms with Crippen LogP contribution in [0.4, 0.5) is 0 Å². The molecule has 112 valence electrons. The fourth-order valence-electron chi connectivity index (χ4n) is 2.42.